The molecule has 0 amide bonds. The largest absolute Gasteiger partial charge is 0.389 e. The quantitative estimate of drug-likeness (QED) is 0.899. The molecule has 0 aromatic heterocycles. The fourth-order valence-electron chi connectivity index (χ4n) is 2.59. The van der Waals surface area contributed by atoms with Gasteiger partial charge in [0.25, 0.3) is 0 Å². The van der Waals surface area contributed by atoms with Crippen molar-refractivity contribution in [2.24, 2.45) is 5.92 Å². The Morgan fingerprint density at radius 3 is 3.00 bits per heavy atom. The van der Waals surface area contributed by atoms with Crippen molar-refractivity contribution in [2.45, 2.75) is 31.8 Å². The van der Waals surface area contributed by atoms with Crippen LogP contribution in [0.4, 0.5) is 0 Å². The van der Waals surface area contributed by atoms with Crippen molar-refractivity contribution in [3.63, 3.8) is 0 Å². The first-order valence-corrected chi connectivity index (χ1v) is 7.05. The van der Waals surface area contributed by atoms with E-state index in [1.807, 2.05) is 19.1 Å². The Morgan fingerprint density at radius 1 is 1.53 bits per heavy atom. The molecule has 2 rings (SSSR count). The highest BCUT2D eigenvalue weighted by molar-refractivity contribution is 9.10. The van der Waals surface area contributed by atoms with Crippen molar-refractivity contribution in [3.8, 4) is 0 Å². The van der Waals surface area contributed by atoms with E-state index in [2.05, 4.69) is 33.4 Å². The van der Waals surface area contributed by atoms with Gasteiger partial charge >= 0.3 is 0 Å². The van der Waals surface area contributed by atoms with Gasteiger partial charge in [-0.2, -0.15) is 0 Å². The van der Waals surface area contributed by atoms with E-state index in [4.69, 9.17) is 0 Å². The monoisotopic (exact) mass is 297 g/mol. The molecule has 2 N–H and O–H groups in total. The third-order valence-corrected chi connectivity index (χ3v) is 4.12. The minimum atomic E-state index is -0.617. The standard InChI is InChI=1S/C14H20BrNO/c1-14(17,12-5-3-7-16-10-12)9-11-4-2-6-13(15)8-11/h2,4,6,8,12,16-17H,3,5,7,9-10H2,1H3. The predicted octanol–water partition coefficient (Wildman–Crippen LogP) is 2.74. The zero-order valence-corrected chi connectivity index (χ0v) is 11.8. The van der Waals surface area contributed by atoms with Crippen LogP contribution in [-0.4, -0.2) is 23.8 Å². The van der Waals surface area contributed by atoms with Crippen molar-refractivity contribution in [3.05, 3.63) is 34.3 Å². The number of rotatable bonds is 3. The summed E-state index contributed by atoms with van der Waals surface area (Å²) >= 11 is 3.47. The molecule has 0 radical (unpaired) electrons. The summed E-state index contributed by atoms with van der Waals surface area (Å²) in [6.07, 6.45) is 3.01. The van der Waals surface area contributed by atoms with Crippen LogP contribution in [0.15, 0.2) is 28.7 Å². The molecule has 2 nitrogen and oxygen atoms in total. The first kappa shape index (κ1) is 13.1. The smallest absolute Gasteiger partial charge is 0.0700 e. The highest BCUT2D eigenvalue weighted by Gasteiger charge is 2.32. The summed E-state index contributed by atoms with van der Waals surface area (Å²) in [5.74, 6) is 0.357. The lowest BCUT2D eigenvalue weighted by Gasteiger charge is -2.36. The Hall–Kier alpha value is -0.380. The average molecular weight is 298 g/mol. The molecule has 3 heteroatoms. The van der Waals surface area contributed by atoms with E-state index in [1.54, 1.807) is 0 Å². The lowest BCUT2D eigenvalue weighted by molar-refractivity contribution is -0.0102. The van der Waals surface area contributed by atoms with Crippen molar-refractivity contribution in [1.82, 2.24) is 5.32 Å². The summed E-state index contributed by atoms with van der Waals surface area (Å²) in [5, 5.41) is 14.0. The van der Waals surface area contributed by atoms with E-state index in [9.17, 15) is 5.11 Å². The predicted molar refractivity (Wildman–Crippen MR) is 74.1 cm³/mol. The average Bonchev–Trinajstić information content (AvgIpc) is 2.29. The number of hydrogen-bond donors (Lipinski definition) is 2. The maximum Gasteiger partial charge on any atom is 0.0700 e. The number of benzene rings is 1. The van der Waals surface area contributed by atoms with E-state index >= 15 is 0 Å². The summed E-state index contributed by atoms with van der Waals surface area (Å²) < 4.78 is 1.08. The van der Waals surface area contributed by atoms with E-state index in [0.29, 0.717) is 5.92 Å². The van der Waals surface area contributed by atoms with E-state index in [0.717, 1.165) is 30.4 Å². The first-order chi connectivity index (χ1) is 8.08. The van der Waals surface area contributed by atoms with Gasteiger partial charge in [0.15, 0.2) is 0 Å². The van der Waals surface area contributed by atoms with Crippen LogP contribution in [0, 0.1) is 5.92 Å². The number of hydrogen-bond acceptors (Lipinski definition) is 2. The third-order valence-electron chi connectivity index (χ3n) is 3.63. The number of nitrogens with one attached hydrogen (secondary N) is 1. The number of aliphatic hydroxyl groups is 1. The zero-order chi connectivity index (χ0) is 12.3. The molecule has 1 aromatic rings. The molecule has 1 aromatic carbocycles. The van der Waals surface area contributed by atoms with Crippen molar-refractivity contribution in [1.29, 1.82) is 0 Å². The maximum absolute atomic E-state index is 10.6. The topological polar surface area (TPSA) is 32.3 Å². The van der Waals surface area contributed by atoms with Gasteiger partial charge in [-0.1, -0.05) is 28.1 Å². The van der Waals surface area contributed by atoms with Crippen molar-refractivity contribution >= 4 is 15.9 Å². The molecule has 0 saturated carbocycles. The molecule has 0 spiro atoms. The molecule has 1 fully saturated rings. The van der Waals surface area contributed by atoms with Crippen LogP contribution < -0.4 is 5.32 Å². The summed E-state index contributed by atoms with van der Waals surface area (Å²) in [4.78, 5) is 0. The Morgan fingerprint density at radius 2 is 2.35 bits per heavy atom. The molecule has 1 aliphatic rings. The summed E-state index contributed by atoms with van der Waals surface area (Å²) in [5.41, 5.74) is 0.573. The minimum absolute atomic E-state index is 0.357. The van der Waals surface area contributed by atoms with Crippen LogP contribution in [0.3, 0.4) is 0 Å². The van der Waals surface area contributed by atoms with Gasteiger partial charge in [0.1, 0.15) is 0 Å². The van der Waals surface area contributed by atoms with Crippen molar-refractivity contribution in [2.75, 3.05) is 13.1 Å². The van der Waals surface area contributed by atoms with Crippen LogP contribution in [0.1, 0.15) is 25.3 Å². The second-order valence-corrected chi connectivity index (χ2v) is 6.12. The highest BCUT2D eigenvalue weighted by atomic mass is 79.9. The van der Waals surface area contributed by atoms with Gasteiger partial charge in [-0.3, -0.25) is 0 Å². The molecule has 2 unspecified atom stereocenters. The summed E-state index contributed by atoms with van der Waals surface area (Å²) in [6.45, 7) is 3.98. The van der Waals surface area contributed by atoms with E-state index in [-0.39, 0.29) is 0 Å². The van der Waals surface area contributed by atoms with Gasteiger partial charge in [-0.15, -0.1) is 0 Å². The van der Waals surface area contributed by atoms with Crippen LogP contribution in [0.5, 0.6) is 0 Å². The summed E-state index contributed by atoms with van der Waals surface area (Å²) in [6, 6.07) is 8.20. The van der Waals surface area contributed by atoms with Gasteiger partial charge in [0.2, 0.25) is 0 Å². The lowest BCUT2D eigenvalue weighted by Crippen LogP contribution is -2.45. The Balaban J connectivity index is 2.05. The van der Waals surface area contributed by atoms with Gasteiger partial charge < -0.3 is 10.4 Å². The lowest BCUT2D eigenvalue weighted by atomic mass is 9.79. The molecule has 94 valence electrons. The van der Waals surface area contributed by atoms with Gasteiger partial charge in [-0.05, 0) is 44.0 Å². The second kappa shape index (κ2) is 5.51. The third kappa shape index (κ3) is 3.54. The Bertz CT molecular complexity index is 372. The minimum Gasteiger partial charge on any atom is -0.389 e. The normalized spacial score (nSPS) is 24.3. The number of halogens is 1. The second-order valence-electron chi connectivity index (χ2n) is 5.21. The molecule has 2 atom stereocenters. The number of piperidine rings is 1. The van der Waals surface area contributed by atoms with Gasteiger partial charge in [0, 0.05) is 23.4 Å². The molecule has 17 heavy (non-hydrogen) atoms. The van der Waals surface area contributed by atoms with E-state index < -0.39 is 5.60 Å². The SMILES string of the molecule is CC(O)(Cc1cccc(Br)c1)C1CCCNC1. The molecular weight excluding hydrogens is 278 g/mol. The fraction of sp³-hybridized carbons (Fsp3) is 0.571. The van der Waals surface area contributed by atoms with Gasteiger partial charge in [-0.25, -0.2) is 0 Å². The first-order valence-electron chi connectivity index (χ1n) is 6.25. The van der Waals surface area contributed by atoms with Gasteiger partial charge in [0.05, 0.1) is 5.60 Å². The maximum atomic E-state index is 10.6. The Kier molecular flexibility index (Phi) is 4.23. The molecular formula is C14H20BrNO. The highest BCUT2D eigenvalue weighted by Crippen LogP contribution is 2.28. The molecule has 1 saturated heterocycles. The van der Waals surface area contributed by atoms with E-state index in [1.165, 1.54) is 12.0 Å². The van der Waals surface area contributed by atoms with Crippen LogP contribution in [0.2, 0.25) is 0 Å². The van der Waals surface area contributed by atoms with Crippen molar-refractivity contribution < 1.29 is 5.11 Å². The zero-order valence-electron chi connectivity index (χ0n) is 10.2. The summed E-state index contributed by atoms with van der Waals surface area (Å²) in [7, 11) is 0. The molecule has 1 aliphatic heterocycles. The fourth-order valence-corrected chi connectivity index (χ4v) is 3.03. The molecule has 1 heterocycles. The van der Waals surface area contributed by atoms with Crippen LogP contribution >= 0.6 is 15.9 Å². The Labute approximate surface area is 112 Å². The van der Waals surface area contributed by atoms with Crippen LogP contribution in [-0.2, 0) is 6.42 Å². The molecule has 0 bridgehead atoms. The molecule has 0 aliphatic carbocycles. The van der Waals surface area contributed by atoms with Crippen LogP contribution in [0.25, 0.3) is 0 Å².